The first-order valence-corrected chi connectivity index (χ1v) is 16.3. The van der Waals surface area contributed by atoms with Gasteiger partial charge in [0.15, 0.2) is 5.60 Å². The summed E-state index contributed by atoms with van der Waals surface area (Å²) in [7, 11) is 0. The second-order valence-corrected chi connectivity index (χ2v) is 12.1. The van der Waals surface area contributed by atoms with Crippen molar-refractivity contribution in [3.05, 3.63) is 42.0 Å². The molecular formula is C35H55NO8. The smallest absolute Gasteiger partial charge is 0.337 e. The van der Waals surface area contributed by atoms with Gasteiger partial charge in [0.25, 0.3) is 0 Å². The van der Waals surface area contributed by atoms with Gasteiger partial charge < -0.3 is 25.4 Å². The Labute approximate surface area is 263 Å². The fourth-order valence-electron chi connectivity index (χ4n) is 4.84. The molecule has 0 aliphatic carbocycles. The summed E-state index contributed by atoms with van der Waals surface area (Å²) in [5, 5.41) is 32.4. The van der Waals surface area contributed by atoms with E-state index in [2.05, 4.69) is 26.1 Å². The monoisotopic (exact) mass is 617 g/mol. The molecule has 0 aliphatic heterocycles. The predicted octanol–water partition coefficient (Wildman–Crippen LogP) is 6.50. The lowest BCUT2D eigenvalue weighted by Gasteiger charge is -2.28. The minimum atomic E-state index is -2.79. The molecule has 0 unspecified atom stereocenters. The quantitative estimate of drug-likeness (QED) is 0.0679. The number of carbonyl (C=O) groups is 4. The molecule has 0 fully saturated rings. The minimum Gasteiger partial charge on any atom is -0.494 e. The Balaban J connectivity index is 2.60. The zero-order chi connectivity index (χ0) is 32.8. The number of amides is 1. The van der Waals surface area contributed by atoms with E-state index < -0.39 is 35.8 Å². The van der Waals surface area contributed by atoms with E-state index in [1.807, 2.05) is 24.3 Å². The van der Waals surface area contributed by atoms with Crippen molar-refractivity contribution in [1.29, 1.82) is 0 Å². The molecule has 9 nitrogen and oxygen atoms in total. The summed E-state index contributed by atoms with van der Waals surface area (Å²) >= 11 is 0. The lowest BCUT2D eigenvalue weighted by Crippen LogP contribution is -2.53. The Morgan fingerprint density at radius 2 is 1.52 bits per heavy atom. The molecule has 0 bridgehead atoms. The lowest BCUT2D eigenvalue weighted by molar-refractivity contribution is -0.172. The summed E-state index contributed by atoms with van der Waals surface area (Å²) in [6.07, 6.45) is 14.0. The molecule has 0 saturated carbocycles. The maximum atomic E-state index is 13.1. The van der Waals surface area contributed by atoms with Gasteiger partial charge in [-0.25, -0.2) is 4.79 Å². The lowest BCUT2D eigenvalue weighted by atomic mass is 9.83. The van der Waals surface area contributed by atoms with Crippen LogP contribution in [0.25, 0.3) is 0 Å². The standard InChI is InChI=1S/C35H55NO8/c1-4-5-6-9-12-15-29(37)16-13-10-7-8-11-14-17-31(35(43,34(41)42)26-32(38)39)33(40)36-24-22-28-18-20-30(21-19-28)44-25-23-27(2)3/h14,17-21,27,31,43H,4-13,15-16,22-26H2,1-3H3,(H,36,40)(H,38,39)(H,41,42)/b17-14+/t31-,35+/m1/s1. The van der Waals surface area contributed by atoms with Gasteiger partial charge >= 0.3 is 11.9 Å². The highest BCUT2D eigenvalue weighted by molar-refractivity contribution is 5.93. The number of aliphatic carboxylic acids is 2. The first-order chi connectivity index (χ1) is 21.0. The highest BCUT2D eigenvalue weighted by Crippen LogP contribution is 2.25. The van der Waals surface area contributed by atoms with E-state index in [0.717, 1.165) is 56.3 Å². The van der Waals surface area contributed by atoms with Crippen LogP contribution in [0.4, 0.5) is 0 Å². The highest BCUT2D eigenvalue weighted by Gasteiger charge is 2.48. The molecule has 0 radical (unpaired) electrons. The summed E-state index contributed by atoms with van der Waals surface area (Å²) in [5.74, 6) is -4.01. The predicted molar refractivity (Wildman–Crippen MR) is 172 cm³/mol. The Kier molecular flexibility index (Phi) is 19.7. The normalized spacial score (nSPS) is 13.5. The van der Waals surface area contributed by atoms with Gasteiger partial charge in [-0.15, -0.1) is 0 Å². The number of hydrogen-bond donors (Lipinski definition) is 4. The van der Waals surface area contributed by atoms with Crippen molar-refractivity contribution in [3.63, 3.8) is 0 Å². The maximum absolute atomic E-state index is 13.1. The number of unbranched alkanes of at least 4 members (excludes halogenated alkanes) is 8. The van der Waals surface area contributed by atoms with Crippen LogP contribution >= 0.6 is 0 Å². The molecule has 0 aliphatic rings. The van der Waals surface area contributed by atoms with Crippen molar-refractivity contribution < 1.29 is 39.2 Å². The fourth-order valence-corrected chi connectivity index (χ4v) is 4.84. The van der Waals surface area contributed by atoms with Crippen LogP contribution in [0.1, 0.15) is 116 Å². The number of carboxylic acids is 2. The van der Waals surface area contributed by atoms with E-state index in [0.29, 0.717) is 44.0 Å². The van der Waals surface area contributed by atoms with Crippen LogP contribution in [-0.4, -0.2) is 57.7 Å². The molecule has 1 aromatic carbocycles. The average molecular weight is 618 g/mol. The number of benzene rings is 1. The number of carbonyl (C=O) groups excluding carboxylic acids is 2. The largest absolute Gasteiger partial charge is 0.494 e. The number of ether oxygens (including phenoxy) is 1. The van der Waals surface area contributed by atoms with Crippen LogP contribution in [0.3, 0.4) is 0 Å². The number of hydrogen-bond acceptors (Lipinski definition) is 6. The molecule has 0 saturated heterocycles. The fraction of sp³-hybridized carbons (Fsp3) is 0.657. The Morgan fingerprint density at radius 1 is 0.909 bits per heavy atom. The van der Waals surface area contributed by atoms with E-state index in [1.54, 1.807) is 6.08 Å². The van der Waals surface area contributed by atoms with Crippen LogP contribution in [-0.2, 0) is 25.6 Å². The minimum absolute atomic E-state index is 0.178. The first-order valence-electron chi connectivity index (χ1n) is 16.3. The molecule has 2 atom stereocenters. The van der Waals surface area contributed by atoms with Crippen LogP contribution in [0, 0.1) is 11.8 Å². The van der Waals surface area contributed by atoms with Gasteiger partial charge in [-0.1, -0.05) is 83.6 Å². The van der Waals surface area contributed by atoms with Gasteiger partial charge in [0.05, 0.1) is 18.9 Å². The summed E-state index contributed by atoms with van der Waals surface area (Å²) in [4.78, 5) is 48.4. The number of allylic oxidation sites excluding steroid dienone is 1. The van der Waals surface area contributed by atoms with Crippen LogP contribution < -0.4 is 10.1 Å². The van der Waals surface area contributed by atoms with Crippen LogP contribution in [0.5, 0.6) is 5.75 Å². The summed E-state index contributed by atoms with van der Waals surface area (Å²) in [6.45, 7) is 7.23. The van der Waals surface area contributed by atoms with E-state index in [-0.39, 0.29) is 6.54 Å². The first kappa shape index (κ1) is 38.8. The zero-order valence-electron chi connectivity index (χ0n) is 27.0. The zero-order valence-corrected chi connectivity index (χ0v) is 27.0. The molecule has 4 N–H and O–H groups in total. The molecule has 1 rings (SSSR count). The molecule has 0 spiro atoms. The van der Waals surface area contributed by atoms with Crippen molar-refractivity contribution in [3.8, 4) is 5.75 Å². The van der Waals surface area contributed by atoms with Crippen LogP contribution in [0.15, 0.2) is 36.4 Å². The number of carboxylic acid groups (broad SMARTS) is 2. The topological polar surface area (TPSA) is 150 Å². The molecule has 1 aromatic rings. The summed E-state index contributed by atoms with van der Waals surface area (Å²) < 4.78 is 5.72. The van der Waals surface area contributed by atoms with E-state index in [9.17, 15) is 34.5 Å². The third-order valence-electron chi connectivity index (χ3n) is 7.65. The van der Waals surface area contributed by atoms with Gasteiger partial charge in [0, 0.05) is 19.4 Å². The summed E-state index contributed by atoms with van der Waals surface area (Å²) in [6, 6.07) is 7.48. The third kappa shape index (κ3) is 16.6. The Bertz CT molecular complexity index is 1020. The molecular weight excluding hydrogens is 562 g/mol. The van der Waals surface area contributed by atoms with Gasteiger partial charge in [-0.05, 0) is 62.1 Å². The molecule has 44 heavy (non-hydrogen) atoms. The molecule has 9 heteroatoms. The van der Waals surface area contributed by atoms with Crippen molar-refractivity contribution in [2.45, 2.75) is 123 Å². The summed E-state index contributed by atoms with van der Waals surface area (Å²) in [5.41, 5.74) is -1.86. The number of ketones is 1. The van der Waals surface area contributed by atoms with Crippen molar-refractivity contribution >= 4 is 23.6 Å². The van der Waals surface area contributed by atoms with Gasteiger partial charge in [-0.2, -0.15) is 0 Å². The van der Waals surface area contributed by atoms with E-state index in [1.165, 1.54) is 25.3 Å². The van der Waals surface area contributed by atoms with Crippen molar-refractivity contribution in [2.24, 2.45) is 11.8 Å². The van der Waals surface area contributed by atoms with Crippen LogP contribution in [0.2, 0.25) is 0 Å². The highest BCUT2D eigenvalue weighted by atomic mass is 16.5. The second-order valence-electron chi connectivity index (χ2n) is 12.1. The average Bonchev–Trinajstić information content (AvgIpc) is 2.96. The maximum Gasteiger partial charge on any atom is 0.337 e. The molecule has 248 valence electrons. The third-order valence-corrected chi connectivity index (χ3v) is 7.65. The van der Waals surface area contributed by atoms with E-state index in [4.69, 9.17) is 4.74 Å². The van der Waals surface area contributed by atoms with Gasteiger partial charge in [-0.3, -0.25) is 14.4 Å². The van der Waals surface area contributed by atoms with Gasteiger partial charge in [0.1, 0.15) is 11.5 Å². The number of aliphatic hydroxyl groups is 1. The van der Waals surface area contributed by atoms with E-state index >= 15 is 0 Å². The molecule has 1 amide bonds. The number of Topliss-reactive ketones (excluding diaryl/α,β-unsaturated/α-hetero) is 1. The molecule has 0 aromatic heterocycles. The second kappa shape index (κ2) is 22.3. The SMILES string of the molecule is CCCCCCCC(=O)CCCCCC/C=C/[C@H](C(=O)NCCc1ccc(OCCC(C)C)cc1)[C@@](O)(CC(=O)O)C(=O)O. The molecule has 0 heterocycles. The Morgan fingerprint density at radius 3 is 2.09 bits per heavy atom. The van der Waals surface area contributed by atoms with Crippen molar-refractivity contribution in [2.75, 3.05) is 13.2 Å². The van der Waals surface area contributed by atoms with Gasteiger partial charge in [0.2, 0.25) is 5.91 Å². The number of rotatable bonds is 26. The van der Waals surface area contributed by atoms with Crippen molar-refractivity contribution in [1.82, 2.24) is 5.32 Å². The number of nitrogens with one attached hydrogen (secondary N) is 1. The Hall–Kier alpha value is -3.20.